The Kier molecular flexibility index (Phi) is 6.71. The van der Waals surface area contributed by atoms with E-state index in [-0.39, 0.29) is 28.2 Å². The van der Waals surface area contributed by atoms with Crippen molar-refractivity contribution in [2.24, 2.45) is 0 Å². The molecule has 144 valence electrons. The third-order valence-electron chi connectivity index (χ3n) is 6.07. The van der Waals surface area contributed by atoms with Gasteiger partial charge in [-0.1, -0.05) is 25.7 Å². The molecule has 25 heavy (non-hydrogen) atoms. The van der Waals surface area contributed by atoms with E-state index in [2.05, 4.69) is 10.2 Å². The van der Waals surface area contributed by atoms with Gasteiger partial charge >= 0.3 is 0 Å². The molecule has 1 N–H and O–H groups in total. The Labute approximate surface area is 156 Å². The SMILES string of the molecule is O=C(CSC1CCS(=O)(=O)C1)NCC1(N2CCCCC2)CCCCC1. The van der Waals surface area contributed by atoms with Gasteiger partial charge in [0.1, 0.15) is 0 Å². The van der Waals surface area contributed by atoms with Crippen molar-refractivity contribution in [1.82, 2.24) is 10.2 Å². The van der Waals surface area contributed by atoms with Gasteiger partial charge in [0, 0.05) is 17.3 Å². The molecule has 0 bridgehead atoms. The third kappa shape index (κ3) is 5.36. The van der Waals surface area contributed by atoms with Crippen LogP contribution in [0.4, 0.5) is 0 Å². The van der Waals surface area contributed by atoms with Gasteiger partial charge in [0.2, 0.25) is 5.91 Å². The Bertz CT molecular complexity index is 553. The number of nitrogens with one attached hydrogen (secondary N) is 1. The first-order valence-electron chi connectivity index (χ1n) is 9.83. The normalized spacial score (nSPS) is 29.4. The molecule has 1 amide bonds. The molecule has 1 aliphatic carbocycles. The van der Waals surface area contributed by atoms with Gasteiger partial charge in [0.15, 0.2) is 9.84 Å². The molecule has 7 heteroatoms. The maximum Gasteiger partial charge on any atom is 0.230 e. The van der Waals surface area contributed by atoms with Crippen LogP contribution in [-0.4, -0.2) is 66.9 Å². The van der Waals surface area contributed by atoms with Crippen molar-refractivity contribution in [3.63, 3.8) is 0 Å². The van der Waals surface area contributed by atoms with E-state index in [0.29, 0.717) is 12.2 Å². The van der Waals surface area contributed by atoms with Crippen molar-refractivity contribution in [3.8, 4) is 0 Å². The summed E-state index contributed by atoms with van der Waals surface area (Å²) in [6, 6.07) is 0. The Morgan fingerprint density at radius 2 is 1.76 bits per heavy atom. The number of carbonyl (C=O) groups is 1. The lowest BCUT2D eigenvalue weighted by Gasteiger charge is -2.48. The lowest BCUT2D eigenvalue weighted by atomic mass is 9.79. The number of piperidine rings is 1. The van der Waals surface area contributed by atoms with Crippen LogP contribution >= 0.6 is 11.8 Å². The lowest BCUT2D eigenvalue weighted by Crippen LogP contribution is -2.58. The van der Waals surface area contributed by atoms with Crippen LogP contribution in [0, 0.1) is 0 Å². The zero-order valence-corrected chi connectivity index (χ0v) is 16.8. The fourth-order valence-corrected chi connectivity index (χ4v) is 8.06. The molecule has 2 saturated heterocycles. The number of hydrogen-bond donors (Lipinski definition) is 1. The quantitative estimate of drug-likeness (QED) is 0.756. The van der Waals surface area contributed by atoms with Crippen LogP contribution in [0.5, 0.6) is 0 Å². The van der Waals surface area contributed by atoms with Crippen LogP contribution in [0.3, 0.4) is 0 Å². The van der Waals surface area contributed by atoms with Crippen molar-refractivity contribution in [2.45, 2.75) is 68.6 Å². The van der Waals surface area contributed by atoms with Crippen LogP contribution in [-0.2, 0) is 14.6 Å². The van der Waals surface area contributed by atoms with E-state index < -0.39 is 9.84 Å². The van der Waals surface area contributed by atoms with Gasteiger partial charge < -0.3 is 5.32 Å². The topological polar surface area (TPSA) is 66.5 Å². The van der Waals surface area contributed by atoms with Crippen molar-refractivity contribution in [1.29, 1.82) is 0 Å². The van der Waals surface area contributed by atoms with Crippen molar-refractivity contribution < 1.29 is 13.2 Å². The second-order valence-corrected chi connectivity index (χ2v) is 11.5. The average molecular weight is 389 g/mol. The maximum atomic E-state index is 12.3. The fourth-order valence-electron chi connectivity index (χ4n) is 4.58. The summed E-state index contributed by atoms with van der Waals surface area (Å²) < 4.78 is 23.0. The smallest absolute Gasteiger partial charge is 0.230 e. The second-order valence-electron chi connectivity index (χ2n) is 7.95. The van der Waals surface area contributed by atoms with Gasteiger partial charge in [-0.05, 0) is 45.2 Å². The Morgan fingerprint density at radius 3 is 2.40 bits per heavy atom. The van der Waals surface area contributed by atoms with E-state index in [4.69, 9.17) is 0 Å². The first kappa shape index (κ1) is 19.5. The van der Waals surface area contributed by atoms with Crippen molar-refractivity contribution >= 4 is 27.5 Å². The van der Waals surface area contributed by atoms with E-state index >= 15 is 0 Å². The number of likely N-dealkylation sites (tertiary alicyclic amines) is 1. The molecule has 0 aromatic carbocycles. The fraction of sp³-hybridized carbons (Fsp3) is 0.944. The summed E-state index contributed by atoms with van der Waals surface area (Å²) in [4.78, 5) is 15.0. The maximum absolute atomic E-state index is 12.3. The average Bonchev–Trinajstić information content (AvgIpc) is 2.99. The summed E-state index contributed by atoms with van der Waals surface area (Å²) in [5.74, 6) is 0.972. The number of hydrogen-bond acceptors (Lipinski definition) is 5. The minimum absolute atomic E-state index is 0.0660. The van der Waals surface area contributed by atoms with Gasteiger partial charge in [-0.2, -0.15) is 0 Å². The summed E-state index contributed by atoms with van der Waals surface area (Å²) in [6.07, 6.45) is 10.8. The van der Waals surface area contributed by atoms with Crippen LogP contribution in [0.15, 0.2) is 0 Å². The standard InChI is InChI=1S/C18H32N2O3S2/c21-17(13-24-16-7-12-25(22,23)14-16)19-15-18(8-3-1-4-9-18)20-10-5-2-6-11-20/h16H,1-15H2,(H,19,21). The molecule has 1 atom stereocenters. The first-order chi connectivity index (χ1) is 12.0. The minimum Gasteiger partial charge on any atom is -0.354 e. The number of thioether (sulfide) groups is 1. The highest BCUT2D eigenvalue weighted by molar-refractivity contribution is 8.02. The molecular formula is C18H32N2O3S2. The Morgan fingerprint density at radius 1 is 1.08 bits per heavy atom. The van der Waals surface area contributed by atoms with E-state index in [1.165, 1.54) is 76.2 Å². The van der Waals surface area contributed by atoms with Crippen molar-refractivity contribution in [3.05, 3.63) is 0 Å². The third-order valence-corrected chi connectivity index (χ3v) is 9.35. The Balaban J connectivity index is 1.48. The highest BCUT2D eigenvalue weighted by atomic mass is 32.2. The van der Waals surface area contributed by atoms with Gasteiger partial charge in [-0.25, -0.2) is 8.42 Å². The molecule has 3 fully saturated rings. The molecule has 2 heterocycles. The number of sulfone groups is 1. The minimum atomic E-state index is -2.86. The predicted molar refractivity (Wildman–Crippen MR) is 104 cm³/mol. The molecule has 2 aliphatic heterocycles. The van der Waals surface area contributed by atoms with E-state index in [1.54, 1.807) is 0 Å². The van der Waals surface area contributed by atoms with E-state index in [9.17, 15) is 13.2 Å². The first-order valence-corrected chi connectivity index (χ1v) is 12.7. The van der Waals surface area contributed by atoms with Gasteiger partial charge in [-0.15, -0.1) is 11.8 Å². The largest absolute Gasteiger partial charge is 0.354 e. The second kappa shape index (κ2) is 8.61. The Hall–Kier alpha value is -0.270. The van der Waals surface area contributed by atoms with Crippen molar-refractivity contribution in [2.75, 3.05) is 36.9 Å². The van der Waals surface area contributed by atoms with E-state index in [1.807, 2.05) is 0 Å². The summed E-state index contributed by atoms with van der Waals surface area (Å²) in [5, 5.41) is 3.28. The summed E-state index contributed by atoms with van der Waals surface area (Å²) in [5.41, 5.74) is 0.162. The predicted octanol–water partition coefficient (Wildman–Crippen LogP) is 2.21. The number of amides is 1. The molecule has 5 nitrogen and oxygen atoms in total. The molecule has 1 unspecified atom stereocenters. The van der Waals surface area contributed by atoms with Gasteiger partial charge in [0.05, 0.1) is 17.3 Å². The summed E-state index contributed by atoms with van der Waals surface area (Å²) >= 11 is 1.51. The zero-order chi connectivity index (χ0) is 17.8. The molecule has 0 aromatic rings. The zero-order valence-electron chi connectivity index (χ0n) is 15.2. The molecule has 0 radical (unpaired) electrons. The van der Waals surface area contributed by atoms with Crippen LogP contribution in [0.1, 0.15) is 57.8 Å². The molecule has 3 rings (SSSR count). The number of nitrogens with zero attached hydrogens (tertiary/aromatic N) is 1. The molecule has 3 aliphatic rings. The summed E-state index contributed by atoms with van der Waals surface area (Å²) in [6.45, 7) is 3.10. The molecular weight excluding hydrogens is 356 g/mol. The van der Waals surface area contributed by atoms with Crippen LogP contribution in [0.25, 0.3) is 0 Å². The molecule has 1 saturated carbocycles. The van der Waals surface area contributed by atoms with E-state index in [0.717, 1.165) is 6.54 Å². The van der Waals surface area contributed by atoms with Gasteiger partial charge in [-0.3, -0.25) is 9.69 Å². The monoisotopic (exact) mass is 388 g/mol. The number of carbonyl (C=O) groups excluding carboxylic acids is 1. The highest BCUT2D eigenvalue weighted by Crippen LogP contribution is 2.35. The highest BCUT2D eigenvalue weighted by Gasteiger charge is 2.38. The van der Waals surface area contributed by atoms with Crippen LogP contribution in [0.2, 0.25) is 0 Å². The lowest BCUT2D eigenvalue weighted by molar-refractivity contribution is -0.119. The summed E-state index contributed by atoms with van der Waals surface area (Å²) in [7, 11) is -2.86. The van der Waals surface area contributed by atoms with Gasteiger partial charge in [0.25, 0.3) is 0 Å². The number of rotatable bonds is 6. The molecule has 0 aromatic heterocycles. The molecule has 0 spiro atoms. The van der Waals surface area contributed by atoms with Crippen LogP contribution < -0.4 is 5.32 Å².